The fraction of sp³-hybridized carbons (Fsp3) is 0.200. The zero-order valence-corrected chi connectivity index (χ0v) is 15.7. The molecule has 0 radical (unpaired) electrons. The number of hydrogen-bond donors (Lipinski definition) is 0. The maximum atomic E-state index is 13.6. The molecule has 3 rings (SSSR count). The molecule has 0 bridgehead atoms. The Morgan fingerprint density at radius 3 is 2.39 bits per heavy atom. The van der Waals surface area contributed by atoms with Crippen LogP contribution in [-0.4, -0.2) is 29.0 Å². The average Bonchev–Trinajstić information content (AvgIpc) is 3.20. The van der Waals surface area contributed by atoms with Crippen molar-refractivity contribution in [3.8, 4) is 5.75 Å². The molecule has 0 aliphatic heterocycles. The van der Waals surface area contributed by atoms with Gasteiger partial charge in [0.1, 0.15) is 12.4 Å². The first-order valence-corrected chi connectivity index (χ1v) is 9.29. The van der Waals surface area contributed by atoms with Crippen LogP contribution in [0.4, 0.5) is 13.2 Å². The van der Waals surface area contributed by atoms with Gasteiger partial charge in [-0.15, -0.1) is 11.3 Å². The van der Waals surface area contributed by atoms with Crippen LogP contribution in [-0.2, 0) is 6.61 Å². The largest absolute Gasteiger partial charge is 0.487 e. The van der Waals surface area contributed by atoms with E-state index < -0.39 is 18.1 Å². The highest BCUT2D eigenvalue weighted by Gasteiger charge is 2.45. The summed E-state index contributed by atoms with van der Waals surface area (Å²) in [5.74, 6) is -0.222. The molecule has 0 aliphatic rings. The molecule has 8 heteroatoms. The van der Waals surface area contributed by atoms with E-state index in [1.54, 1.807) is 23.7 Å². The lowest BCUT2D eigenvalue weighted by Crippen LogP contribution is -2.39. The van der Waals surface area contributed by atoms with Crippen molar-refractivity contribution in [3.63, 3.8) is 0 Å². The molecule has 3 aromatic rings. The Bertz CT molecular complexity index is 897. The van der Waals surface area contributed by atoms with Crippen LogP contribution < -0.4 is 4.74 Å². The lowest BCUT2D eigenvalue weighted by molar-refractivity contribution is -0.176. The van der Waals surface area contributed by atoms with E-state index in [4.69, 9.17) is 4.74 Å². The Labute approximate surface area is 164 Å². The monoisotopic (exact) mass is 406 g/mol. The number of thiazole rings is 1. The maximum absolute atomic E-state index is 13.6. The molecule has 0 saturated carbocycles. The van der Waals surface area contributed by atoms with Crippen molar-refractivity contribution < 1.29 is 22.7 Å². The molecule has 1 aromatic heterocycles. The van der Waals surface area contributed by atoms with Gasteiger partial charge in [0, 0.05) is 18.0 Å². The van der Waals surface area contributed by atoms with Crippen LogP contribution in [0.15, 0.2) is 65.5 Å². The quantitative estimate of drug-likeness (QED) is 0.572. The number of nitrogens with zero attached hydrogens (tertiary/aromatic N) is 2. The first-order valence-electron chi connectivity index (χ1n) is 8.35. The number of carbonyl (C=O) groups excluding carboxylic acids is 1. The number of amides is 1. The summed E-state index contributed by atoms with van der Waals surface area (Å²) in [5, 5.41) is 1.85. The summed E-state index contributed by atoms with van der Waals surface area (Å²) in [6.07, 6.45) is -4.59. The fourth-order valence-corrected chi connectivity index (χ4v) is 3.29. The minimum Gasteiger partial charge on any atom is -0.487 e. The van der Waals surface area contributed by atoms with Gasteiger partial charge < -0.3 is 9.64 Å². The molecule has 4 nitrogen and oxygen atoms in total. The van der Waals surface area contributed by atoms with Gasteiger partial charge in [-0.05, 0) is 29.8 Å². The SMILES string of the molecule is CN(C(=O)c1ccc(OCc2cscn2)cc1)C(c1ccccc1)C(F)(F)F. The van der Waals surface area contributed by atoms with E-state index in [1.807, 2.05) is 5.38 Å². The summed E-state index contributed by atoms with van der Waals surface area (Å²) < 4.78 is 46.4. The second-order valence-corrected chi connectivity index (χ2v) is 6.78. The van der Waals surface area contributed by atoms with Crippen LogP contribution in [0.1, 0.15) is 27.7 Å². The molecule has 1 atom stereocenters. The number of aromatic nitrogens is 1. The van der Waals surface area contributed by atoms with Crippen molar-refractivity contribution in [3.05, 3.63) is 82.3 Å². The molecule has 0 spiro atoms. The lowest BCUT2D eigenvalue weighted by atomic mass is 10.0. The number of carbonyl (C=O) groups is 1. The molecule has 0 aliphatic carbocycles. The van der Waals surface area contributed by atoms with Gasteiger partial charge in [-0.3, -0.25) is 4.79 Å². The Morgan fingerprint density at radius 2 is 1.82 bits per heavy atom. The third-order valence-electron chi connectivity index (χ3n) is 4.10. The predicted octanol–water partition coefficient (Wildman–Crippen LogP) is 5.10. The number of alkyl halides is 3. The maximum Gasteiger partial charge on any atom is 0.413 e. The molecular weight excluding hydrogens is 389 g/mol. The lowest BCUT2D eigenvalue weighted by Gasteiger charge is -2.30. The van der Waals surface area contributed by atoms with Crippen molar-refractivity contribution in [2.45, 2.75) is 18.8 Å². The zero-order chi connectivity index (χ0) is 20.1. The average molecular weight is 406 g/mol. The summed E-state index contributed by atoms with van der Waals surface area (Å²) in [4.78, 5) is 17.4. The topological polar surface area (TPSA) is 42.4 Å². The molecule has 28 heavy (non-hydrogen) atoms. The van der Waals surface area contributed by atoms with Crippen LogP contribution in [0.3, 0.4) is 0 Å². The van der Waals surface area contributed by atoms with Crippen molar-refractivity contribution in [1.82, 2.24) is 9.88 Å². The van der Waals surface area contributed by atoms with Gasteiger partial charge in [0.05, 0.1) is 11.2 Å². The third kappa shape index (κ3) is 4.69. The number of halogens is 3. The van der Waals surface area contributed by atoms with Gasteiger partial charge >= 0.3 is 6.18 Å². The molecule has 1 unspecified atom stereocenters. The van der Waals surface area contributed by atoms with Crippen molar-refractivity contribution in [2.24, 2.45) is 0 Å². The van der Waals surface area contributed by atoms with Crippen molar-refractivity contribution in [2.75, 3.05) is 7.05 Å². The van der Waals surface area contributed by atoms with Gasteiger partial charge in [-0.1, -0.05) is 30.3 Å². The first kappa shape index (κ1) is 19.9. The van der Waals surface area contributed by atoms with E-state index in [9.17, 15) is 18.0 Å². The highest BCUT2D eigenvalue weighted by molar-refractivity contribution is 7.07. The Kier molecular flexibility index (Phi) is 5.99. The highest BCUT2D eigenvalue weighted by atomic mass is 32.1. The van der Waals surface area contributed by atoms with Gasteiger partial charge in [-0.2, -0.15) is 13.2 Å². The predicted molar refractivity (Wildman–Crippen MR) is 100 cm³/mol. The van der Waals surface area contributed by atoms with Crippen LogP contribution in [0.2, 0.25) is 0 Å². The van der Waals surface area contributed by atoms with Crippen LogP contribution >= 0.6 is 11.3 Å². The molecule has 2 aromatic carbocycles. The van der Waals surface area contributed by atoms with E-state index in [1.165, 1.54) is 47.7 Å². The van der Waals surface area contributed by atoms with E-state index in [0.29, 0.717) is 10.6 Å². The van der Waals surface area contributed by atoms with E-state index >= 15 is 0 Å². The van der Waals surface area contributed by atoms with Crippen LogP contribution in [0.25, 0.3) is 0 Å². The second kappa shape index (κ2) is 8.43. The number of rotatable bonds is 6. The minimum atomic E-state index is -4.59. The van der Waals surface area contributed by atoms with E-state index in [0.717, 1.165) is 12.7 Å². The molecule has 146 valence electrons. The number of benzene rings is 2. The number of ether oxygens (including phenoxy) is 1. The van der Waals surface area contributed by atoms with Gasteiger partial charge in [0.2, 0.25) is 0 Å². The summed E-state index contributed by atoms with van der Waals surface area (Å²) in [5.41, 5.74) is 2.63. The second-order valence-electron chi connectivity index (χ2n) is 6.06. The molecule has 0 saturated heterocycles. The van der Waals surface area contributed by atoms with Gasteiger partial charge in [0.15, 0.2) is 6.04 Å². The summed E-state index contributed by atoms with van der Waals surface area (Å²) in [6.45, 7) is 0.279. The normalized spacial score (nSPS) is 12.4. The summed E-state index contributed by atoms with van der Waals surface area (Å²) >= 11 is 1.45. The summed E-state index contributed by atoms with van der Waals surface area (Å²) in [6, 6.07) is 11.4. The molecule has 0 N–H and O–H groups in total. The van der Waals surface area contributed by atoms with Gasteiger partial charge in [0.25, 0.3) is 5.91 Å². The minimum absolute atomic E-state index is 0.00839. The summed E-state index contributed by atoms with van der Waals surface area (Å²) in [7, 11) is 1.15. The van der Waals surface area contributed by atoms with Crippen molar-refractivity contribution in [1.29, 1.82) is 0 Å². The smallest absolute Gasteiger partial charge is 0.413 e. The number of hydrogen-bond acceptors (Lipinski definition) is 4. The van der Waals surface area contributed by atoms with Crippen LogP contribution in [0, 0.1) is 0 Å². The highest BCUT2D eigenvalue weighted by Crippen LogP contribution is 2.37. The first-order chi connectivity index (χ1) is 13.4. The molecule has 1 heterocycles. The Morgan fingerprint density at radius 1 is 1.14 bits per heavy atom. The molecule has 0 fully saturated rings. The van der Waals surface area contributed by atoms with Gasteiger partial charge in [-0.25, -0.2) is 4.98 Å². The van der Waals surface area contributed by atoms with E-state index in [-0.39, 0.29) is 17.7 Å². The molecule has 1 amide bonds. The zero-order valence-electron chi connectivity index (χ0n) is 14.9. The third-order valence-corrected chi connectivity index (χ3v) is 4.74. The van der Waals surface area contributed by atoms with E-state index in [2.05, 4.69) is 4.98 Å². The Hall–Kier alpha value is -2.87. The Balaban J connectivity index is 1.74. The van der Waals surface area contributed by atoms with Crippen LogP contribution in [0.5, 0.6) is 5.75 Å². The standard InChI is InChI=1S/C20H17F3N2O2S/c1-25(18(20(21,22)23)14-5-3-2-4-6-14)19(26)15-7-9-17(10-8-15)27-11-16-12-28-13-24-16/h2-10,12-13,18H,11H2,1H3. The van der Waals surface area contributed by atoms with Crippen molar-refractivity contribution >= 4 is 17.2 Å². The molecular formula is C20H17F3N2O2S. The fourth-order valence-electron chi connectivity index (χ4n) is 2.75.